The van der Waals surface area contributed by atoms with Crippen molar-refractivity contribution in [2.45, 2.75) is 18.4 Å². The van der Waals surface area contributed by atoms with Crippen LogP contribution in [-0.2, 0) is 11.2 Å². The Kier molecular flexibility index (Phi) is 6.43. The number of hydrogen-bond acceptors (Lipinski definition) is 5. The van der Waals surface area contributed by atoms with E-state index in [1.54, 1.807) is 18.9 Å². The highest BCUT2D eigenvalue weighted by Crippen LogP contribution is 2.29. The molecule has 2 aromatic carbocycles. The molecule has 0 N–H and O–H groups in total. The van der Waals surface area contributed by atoms with Crippen LogP contribution in [0.4, 0.5) is 5.69 Å². The van der Waals surface area contributed by atoms with Crippen LogP contribution in [0, 0.1) is 0 Å². The fourth-order valence-electron chi connectivity index (χ4n) is 3.83. The van der Waals surface area contributed by atoms with E-state index < -0.39 is 0 Å². The van der Waals surface area contributed by atoms with Crippen molar-refractivity contribution in [1.29, 1.82) is 0 Å². The Morgan fingerprint density at radius 1 is 1.07 bits per heavy atom. The minimum absolute atomic E-state index is 0.177. The van der Waals surface area contributed by atoms with Gasteiger partial charge in [-0.15, -0.1) is 0 Å². The number of rotatable bonds is 6. The standard InChI is InChI=1S/C24H27N3O2S/c1-3-18-16-19-8-4-5-9-20(19)25-24(18)30-17-23(28)27-14-12-26(13-15-27)21-10-6-7-11-22(21)29-2/h4-11,16H,3,12-15,17H2,1-2H3. The van der Waals surface area contributed by atoms with Crippen LogP contribution < -0.4 is 9.64 Å². The van der Waals surface area contributed by atoms with E-state index in [0.29, 0.717) is 5.75 Å². The number of ether oxygens (including phenoxy) is 1. The summed E-state index contributed by atoms with van der Waals surface area (Å²) < 4.78 is 5.48. The van der Waals surface area contributed by atoms with Crippen LogP contribution in [-0.4, -0.2) is 54.8 Å². The van der Waals surface area contributed by atoms with Crippen LogP contribution in [0.3, 0.4) is 0 Å². The van der Waals surface area contributed by atoms with E-state index in [-0.39, 0.29) is 5.91 Å². The molecule has 0 unspecified atom stereocenters. The molecular weight excluding hydrogens is 394 g/mol. The molecule has 4 rings (SSSR count). The molecule has 156 valence electrons. The number of carbonyl (C=O) groups excluding carboxylic acids is 1. The molecule has 0 saturated carbocycles. The molecule has 0 radical (unpaired) electrons. The highest BCUT2D eigenvalue weighted by Gasteiger charge is 2.23. The minimum Gasteiger partial charge on any atom is -0.495 e. The van der Waals surface area contributed by atoms with E-state index in [2.05, 4.69) is 30.0 Å². The molecule has 0 aliphatic carbocycles. The Labute approximate surface area is 182 Å². The molecule has 1 aromatic heterocycles. The lowest BCUT2D eigenvalue weighted by Crippen LogP contribution is -2.49. The molecule has 1 fully saturated rings. The first-order chi connectivity index (χ1) is 14.7. The third-order valence-corrected chi connectivity index (χ3v) is 6.55. The number of aryl methyl sites for hydroxylation is 1. The number of thioether (sulfide) groups is 1. The molecule has 1 amide bonds. The first-order valence-corrected chi connectivity index (χ1v) is 11.4. The molecule has 30 heavy (non-hydrogen) atoms. The highest BCUT2D eigenvalue weighted by atomic mass is 32.2. The van der Waals surface area contributed by atoms with Gasteiger partial charge in [-0.25, -0.2) is 4.98 Å². The van der Waals surface area contributed by atoms with Crippen molar-refractivity contribution >= 4 is 34.3 Å². The summed E-state index contributed by atoms with van der Waals surface area (Å²) in [6.45, 7) is 5.21. The van der Waals surface area contributed by atoms with E-state index in [0.717, 1.165) is 60.0 Å². The van der Waals surface area contributed by atoms with Crippen LogP contribution in [0.25, 0.3) is 10.9 Å². The van der Waals surface area contributed by atoms with Crippen LogP contribution in [0.2, 0.25) is 0 Å². The summed E-state index contributed by atoms with van der Waals surface area (Å²) in [6, 6.07) is 18.4. The van der Waals surface area contributed by atoms with Gasteiger partial charge in [-0.3, -0.25) is 4.79 Å². The molecule has 3 aromatic rings. The lowest BCUT2D eigenvalue weighted by molar-refractivity contribution is -0.128. The van der Waals surface area contributed by atoms with Crippen molar-refractivity contribution < 1.29 is 9.53 Å². The summed E-state index contributed by atoms with van der Waals surface area (Å²) >= 11 is 1.56. The zero-order valence-corrected chi connectivity index (χ0v) is 18.3. The Morgan fingerprint density at radius 3 is 2.57 bits per heavy atom. The Morgan fingerprint density at radius 2 is 1.80 bits per heavy atom. The van der Waals surface area contributed by atoms with E-state index in [1.165, 1.54) is 5.56 Å². The van der Waals surface area contributed by atoms with Crippen LogP contribution in [0.5, 0.6) is 5.75 Å². The zero-order valence-electron chi connectivity index (χ0n) is 17.5. The first kappa shape index (κ1) is 20.5. The summed E-state index contributed by atoms with van der Waals surface area (Å²) in [5, 5.41) is 2.12. The van der Waals surface area contributed by atoms with Gasteiger partial charge in [0.05, 0.1) is 24.1 Å². The zero-order chi connectivity index (χ0) is 20.9. The number of nitrogens with zero attached hydrogens (tertiary/aromatic N) is 3. The van der Waals surface area contributed by atoms with Gasteiger partial charge < -0.3 is 14.5 Å². The normalized spacial score (nSPS) is 14.2. The number of carbonyl (C=O) groups is 1. The van der Waals surface area contributed by atoms with Gasteiger partial charge in [0.2, 0.25) is 5.91 Å². The maximum absolute atomic E-state index is 12.8. The van der Waals surface area contributed by atoms with Crippen molar-refractivity contribution in [3.05, 3.63) is 60.2 Å². The average Bonchev–Trinajstić information content (AvgIpc) is 2.81. The van der Waals surface area contributed by atoms with Crippen molar-refractivity contribution in [2.24, 2.45) is 0 Å². The monoisotopic (exact) mass is 421 g/mol. The molecular formula is C24H27N3O2S. The second-order valence-electron chi connectivity index (χ2n) is 7.33. The van der Waals surface area contributed by atoms with Gasteiger partial charge in [0.15, 0.2) is 0 Å². The summed E-state index contributed by atoms with van der Waals surface area (Å²) in [6.07, 6.45) is 0.909. The lowest BCUT2D eigenvalue weighted by Gasteiger charge is -2.36. The maximum atomic E-state index is 12.8. The second-order valence-corrected chi connectivity index (χ2v) is 8.29. The van der Waals surface area contributed by atoms with Crippen molar-refractivity contribution in [1.82, 2.24) is 9.88 Å². The van der Waals surface area contributed by atoms with Gasteiger partial charge in [0.25, 0.3) is 0 Å². The molecule has 2 heterocycles. The Hall–Kier alpha value is -2.73. The number of para-hydroxylation sites is 3. The Balaban J connectivity index is 1.37. The van der Waals surface area contributed by atoms with Gasteiger partial charge in [-0.1, -0.05) is 49.0 Å². The minimum atomic E-state index is 0.177. The summed E-state index contributed by atoms with van der Waals surface area (Å²) in [4.78, 5) is 21.9. The molecule has 5 nitrogen and oxygen atoms in total. The molecule has 1 saturated heterocycles. The van der Waals surface area contributed by atoms with Crippen LogP contribution in [0.1, 0.15) is 12.5 Å². The summed E-state index contributed by atoms with van der Waals surface area (Å²) in [7, 11) is 1.70. The molecule has 1 aliphatic heterocycles. The van der Waals surface area contributed by atoms with Crippen molar-refractivity contribution in [2.75, 3.05) is 43.9 Å². The Bertz CT molecular complexity index is 1030. The fraction of sp³-hybridized carbons (Fsp3) is 0.333. The van der Waals surface area contributed by atoms with Crippen molar-refractivity contribution in [3.63, 3.8) is 0 Å². The summed E-state index contributed by atoms with van der Waals surface area (Å²) in [5.74, 6) is 1.48. The third kappa shape index (κ3) is 4.38. The molecule has 0 bridgehead atoms. The maximum Gasteiger partial charge on any atom is 0.233 e. The van der Waals surface area contributed by atoms with E-state index in [9.17, 15) is 4.79 Å². The molecule has 6 heteroatoms. The quantitative estimate of drug-likeness (QED) is 0.557. The van der Waals surface area contributed by atoms with Gasteiger partial charge in [-0.2, -0.15) is 0 Å². The number of amides is 1. The average molecular weight is 422 g/mol. The van der Waals surface area contributed by atoms with Gasteiger partial charge in [0.1, 0.15) is 10.8 Å². The lowest BCUT2D eigenvalue weighted by atomic mass is 10.1. The van der Waals surface area contributed by atoms with E-state index in [4.69, 9.17) is 9.72 Å². The summed E-state index contributed by atoms with van der Waals surface area (Å²) in [5.41, 5.74) is 3.27. The topological polar surface area (TPSA) is 45.7 Å². The van der Waals surface area contributed by atoms with Gasteiger partial charge >= 0.3 is 0 Å². The smallest absolute Gasteiger partial charge is 0.233 e. The molecule has 1 aliphatic rings. The molecule has 0 atom stereocenters. The predicted molar refractivity (Wildman–Crippen MR) is 124 cm³/mol. The SMILES string of the molecule is CCc1cc2ccccc2nc1SCC(=O)N1CCN(c2ccccc2OC)CC1. The number of aromatic nitrogens is 1. The number of pyridine rings is 1. The number of hydrogen-bond donors (Lipinski definition) is 0. The number of fused-ring (bicyclic) bond motifs is 1. The predicted octanol–water partition coefficient (Wildman–Crippen LogP) is 4.25. The van der Waals surface area contributed by atoms with Crippen LogP contribution in [0.15, 0.2) is 59.6 Å². The van der Waals surface area contributed by atoms with Gasteiger partial charge in [-0.05, 0) is 36.2 Å². The fourth-order valence-corrected chi connectivity index (χ4v) is 4.82. The molecule has 0 spiro atoms. The van der Waals surface area contributed by atoms with Crippen molar-refractivity contribution in [3.8, 4) is 5.75 Å². The first-order valence-electron chi connectivity index (χ1n) is 10.4. The number of piperazine rings is 1. The highest BCUT2D eigenvalue weighted by molar-refractivity contribution is 7.99. The number of methoxy groups -OCH3 is 1. The van der Waals surface area contributed by atoms with E-state index in [1.807, 2.05) is 41.3 Å². The van der Waals surface area contributed by atoms with E-state index >= 15 is 0 Å². The van der Waals surface area contributed by atoms with Gasteiger partial charge in [0, 0.05) is 31.6 Å². The largest absolute Gasteiger partial charge is 0.495 e. The van der Waals surface area contributed by atoms with Crippen LogP contribution >= 0.6 is 11.8 Å². The second kappa shape index (κ2) is 9.39. The number of anilines is 1. The third-order valence-electron chi connectivity index (χ3n) is 5.53. The number of benzene rings is 2.